The monoisotopic (exact) mass is 328 g/mol. The summed E-state index contributed by atoms with van der Waals surface area (Å²) in [6.45, 7) is 0. The van der Waals surface area contributed by atoms with Crippen molar-refractivity contribution in [2.75, 3.05) is 11.5 Å². The van der Waals surface area contributed by atoms with E-state index in [9.17, 15) is 9.00 Å². The summed E-state index contributed by atoms with van der Waals surface area (Å²) < 4.78 is 12.2. The van der Waals surface area contributed by atoms with E-state index < -0.39 is 10.8 Å². The fourth-order valence-corrected chi connectivity index (χ4v) is 3.90. The summed E-state index contributed by atoms with van der Waals surface area (Å²) in [6.07, 6.45) is 6.79. The first kappa shape index (κ1) is 16.3. The van der Waals surface area contributed by atoms with Crippen molar-refractivity contribution in [2.45, 2.75) is 49.5 Å². The summed E-state index contributed by atoms with van der Waals surface area (Å²) in [6, 6.07) is 5.03. The van der Waals surface area contributed by atoms with E-state index in [1.54, 1.807) is 18.2 Å². The molecule has 21 heavy (non-hydrogen) atoms. The summed E-state index contributed by atoms with van der Waals surface area (Å²) >= 11 is 5.88. The average Bonchev–Trinajstić information content (AvgIpc) is 2.70. The minimum Gasteiger partial charge on any atom is -0.398 e. The fourth-order valence-electron chi connectivity index (χ4n) is 2.60. The number of hydrogen-bond acceptors (Lipinski definition) is 3. The number of carbonyl (C=O) groups is 1. The number of amides is 1. The zero-order valence-electron chi connectivity index (χ0n) is 11.9. The fraction of sp³-hybridized carbons (Fsp3) is 0.533. The number of anilines is 1. The van der Waals surface area contributed by atoms with Gasteiger partial charge >= 0.3 is 0 Å². The van der Waals surface area contributed by atoms with Crippen LogP contribution in [0.5, 0.6) is 0 Å². The van der Waals surface area contributed by atoms with Crippen LogP contribution in [0.25, 0.3) is 0 Å². The van der Waals surface area contributed by atoms with E-state index in [4.69, 9.17) is 17.3 Å². The molecule has 0 aliphatic heterocycles. The highest BCUT2D eigenvalue weighted by atomic mass is 35.5. The molecule has 6 heteroatoms. The van der Waals surface area contributed by atoms with Gasteiger partial charge in [0.1, 0.15) is 5.75 Å². The average molecular weight is 329 g/mol. The van der Waals surface area contributed by atoms with Gasteiger partial charge in [0, 0.05) is 16.8 Å². The summed E-state index contributed by atoms with van der Waals surface area (Å²) in [4.78, 5) is 12.5. The van der Waals surface area contributed by atoms with Crippen LogP contribution >= 0.6 is 11.6 Å². The summed E-state index contributed by atoms with van der Waals surface area (Å²) in [5.41, 5.74) is 6.19. The number of benzene rings is 1. The molecule has 1 amide bonds. The number of nitrogens with two attached hydrogens (primary N) is 1. The van der Waals surface area contributed by atoms with Crippen molar-refractivity contribution in [3.8, 4) is 0 Å². The Labute approximate surface area is 132 Å². The lowest BCUT2D eigenvalue weighted by Crippen LogP contribution is -2.37. The third-order valence-corrected chi connectivity index (χ3v) is 5.31. The highest BCUT2D eigenvalue weighted by Crippen LogP contribution is 2.22. The normalized spacial score (nSPS) is 18.0. The number of halogens is 1. The zero-order chi connectivity index (χ0) is 15.2. The van der Waals surface area contributed by atoms with Crippen molar-refractivity contribution in [3.05, 3.63) is 23.2 Å². The highest BCUT2D eigenvalue weighted by Gasteiger charge is 2.18. The molecule has 0 radical (unpaired) electrons. The Morgan fingerprint density at radius 1 is 1.29 bits per heavy atom. The largest absolute Gasteiger partial charge is 0.398 e. The van der Waals surface area contributed by atoms with Gasteiger partial charge in [0.15, 0.2) is 0 Å². The minimum atomic E-state index is -1.47. The Morgan fingerprint density at radius 2 is 1.95 bits per heavy atom. The maximum Gasteiger partial charge on any atom is 0.233 e. The predicted molar refractivity (Wildman–Crippen MR) is 86.8 cm³/mol. The summed E-state index contributed by atoms with van der Waals surface area (Å²) in [7, 11) is -1.47. The van der Waals surface area contributed by atoms with E-state index in [1.165, 1.54) is 12.8 Å². The van der Waals surface area contributed by atoms with Crippen molar-refractivity contribution >= 4 is 34.0 Å². The van der Waals surface area contributed by atoms with Crippen LogP contribution in [0.3, 0.4) is 0 Å². The van der Waals surface area contributed by atoms with Crippen LogP contribution < -0.4 is 11.1 Å². The standard InChI is InChI=1S/C15H21ClN2O2S/c16-11-7-8-13(17)14(9-11)21(20)10-15(19)18-12-5-3-1-2-4-6-12/h7-9,12H,1-6,10,17H2,(H,18,19). The van der Waals surface area contributed by atoms with Crippen molar-refractivity contribution in [1.29, 1.82) is 0 Å². The molecule has 1 saturated carbocycles. The predicted octanol–water partition coefficient (Wildman–Crippen LogP) is 2.87. The molecule has 1 aliphatic rings. The molecule has 1 aromatic rings. The molecule has 1 atom stereocenters. The van der Waals surface area contributed by atoms with Gasteiger partial charge in [0.2, 0.25) is 5.91 Å². The van der Waals surface area contributed by atoms with Gasteiger partial charge in [0.05, 0.1) is 15.7 Å². The SMILES string of the molecule is Nc1ccc(Cl)cc1S(=O)CC(=O)NC1CCCCCC1. The topological polar surface area (TPSA) is 72.2 Å². The summed E-state index contributed by atoms with van der Waals surface area (Å²) in [5.74, 6) is -0.249. The maximum absolute atomic E-state index is 12.2. The number of nitrogens with one attached hydrogen (secondary N) is 1. The van der Waals surface area contributed by atoms with Crippen molar-refractivity contribution in [3.63, 3.8) is 0 Å². The highest BCUT2D eigenvalue weighted by molar-refractivity contribution is 7.86. The van der Waals surface area contributed by atoms with Gasteiger partial charge in [-0.25, -0.2) is 0 Å². The lowest BCUT2D eigenvalue weighted by molar-refractivity contribution is -0.119. The number of nitrogen functional groups attached to an aromatic ring is 1. The first-order valence-electron chi connectivity index (χ1n) is 7.29. The second-order valence-electron chi connectivity index (χ2n) is 5.43. The van der Waals surface area contributed by atoms with E-state index in [0.717, 1.165) is 25.7 Å². The van der Waals surface area contributed by atoms with Gasteiger partial charge < -0.3 is 11.1 Å². The molecule has 0 heterocycles. The molecular weight excluding hydrogens is 308 g/mol. The smallest absolute Gasteiger partial charge is 0.233 e. The Kier molecular flexibility index (Phi) is 6.06. The van der Waals surface area contributed by atoms with Crippen molar-refractivity contribution in [1.82, 2.24) is 5.32 Å². The molecule has 3 N–H and O–H groups in total. The van der Waals surface area contributed by atoms with E-state index in [0.29, 0.717) is 15.6 Å². The molecule has 0 saturated heterocycles. The second-order valence-corrected chi connectivity index (χ2v) is 7.28. The van der Waals surface area contributed by atoms with Crippen LogP contribution in [0.1, 0.15) is 38.5 Å². The zero-order valence-corrected chi connectivity index (χ0v) is 13.5. The number of hydrogen-bond donors (Lipinski definition) is 2. The molecule has 4 nitrogen and oxygen atoms in total. The molecule has 1 aliphatic carbocycles. The molecular formula is C15H21ClN2O2S. The van der Waals surface area contributed by atoms with E-state index >= 15 is 0 Å². The quantitative estimate of drug-likeness (QED) is 0.659. The van der Waals surface area contributed by atoms with Crippen LogP contribution in [0, 0.1) is 0 Å². The van der Waals surface area contributed by atoms with Crippen LogP contribution in [0.4, 0.5) is 5.69 Å². The summed E-state index contributed by atoms with van der Waals surface area (Å²) in [5, 5.41) is 3.46. The number of carbonyl (C=O) groups excluding carboxylic acids is 1. The van der Waals surface area contributed by atoms with E-state index in [-0.39, 0.29) is 17.7 Å². The number of rotatable bonds is 4. The molecule has 116 valence electrons. The molecule has 1 fully saturated rings. The lowest BCUT2D eigenvalue weighted by atomic mass is 10.1. The molecule has 0 bridgehead atoms. The lowest BCUT2D eigenvalue weighted by Gasteiger charge is -2.16. The molecule has 2 rings (SSSR count). The van der Waals surface area contributed by atoms with Crippen molar-refractivity contribution < 1.29 is 9.00 Å². The molecule has 1 unspecified atom stereocenters. The Morgan fingerprint density at radius 3 is 2.62 bits per heavy atom. The van der Waals surface area contributed by atoms with Crippen LogP contribution in [0.2, 0.25) is 5.02 Å². The van der Waals surface area contributed by atoms with Gasteiger partial charge in [-0.3, -0.25) is 9.00 Å². The Hall–Kier alpha value is -1.07. The Balaban J connectivity index is 1.92. The molecule has 1 aromatic carbocycles. The van der Waals surface area contributed by atoms with Gasteiger partial charge in [-0.1, -0.05) is 37.3 Å². The third-order valence-electron chi connectivity index (χ3n) is 3.70. The van der Waals surface area contributed by atoms with E-state index in [1.807, 2.05) is 0 Å². The van der Waals surface area contributed by atoms with Crippen LogP contribution in [-0.4, -0.2) is 21.9 Å². The van der Waals surface area contributed by atoms with Crippen molar-refractivity contribution in [2.24, 2.45) is 0 Å². The minimum absolute atomic E-state index is 0.0684. The van der Waals surface area contributed by atoms with Gasteiger partial charge in [0.25, 0.3) is 0 Å². The van der Waals surface area contributed by atoms with Gasteiger partial charge in [-0.05, 0) is 31.0 Å². The Bertz CT molecular complexity index is 528. The van der Waals surface area contributed by atoms with Crippen LogP contribution in [0.15, 0.2) is 23.1 Å². The molecule has 0 aromatic heterocycles. The first-order valence-corrected chi connectivity index (χ1v) is 8.98. The third kappa shape index (κ3) is 5.00. The molecule has 0 spiro atoms. The van der Waals surface area contributed by atoms with Gasteiger partial charge in [-0.2, -0.15) is 0 Å². The second kappa shape index (κ2) is 7.80. The van der Waals surface area contributed by atoms with Gasteiger partial charge in [-0.15, -0.1) is 0 Å². The first-order chi connectivity index (χ1) is 10.1. The maximum atomic E-state index is 12.2. The van der Waals surface area contributed by atoms with Crippen LogP contribution in [-0.2, 0) is 15.6 Å². The van der Waals surface area contributed by atoms with E-state index in [2.05, 4.69) is 5.32 Å².